The molecule has 4 aromatic rings. The van der Waals surface area contributed by atoms with Gasteiger partial charge in [0.05, 0.1) is 7.11 Å². The van der Waals surface area contributed by atoms with Crippen LogP contribution in [0.3, 0.4) is 0 Å². The molecule has 0 amide bonds. The standard InChI is InChI=1S/C24H20N4O4/c1-13(29)18-10-9-15(12-25-18)21-23-19(28(27-21)24(30)31)11-20(32-2)22(26-23)17-8-4-6-14-5-3-7-16(14)17/h4,6,8-12H,3,5,7H2,1-2H3,(H,30,31). The lowest BCUT2D eigenvalue weighted by Gasteiger charge is -2.12. The monoisotopic (exact) mass is 428 g/mol. The van der Waals surface area contributed by atoms with Gasteiger partial charge in [-0.2, -0.15) is 9.78 Å². The van der Waals surface area contributed by atoms with E-state index >= 15 is 0 Å². The Bertz CT molecular complexity index is 1390. The van der Waals surface area contributed by atoms with Crippen molar-refractivity contribution in [2.24, 2.45) is 0 Å². The maximum atomic E-state index is 11.9. The van der Waals surface area contributed by atoms with Crippen LogP contribution in [0.2, 0.25) is 0 Å². The molecule has 1 aliphatic carbocycles. The van der Waals surface area contributed by atoms with E-state index < -0.39 is 6.09 Å². The Balaban J connectivity index is 1.77. The Hall–Kier alpha value is -4.07. The van der Waals surface area contributed by atoms with Crippen molar-refractivity contribution in [3.05, 3.63) is 59.4 Å². The van der Waals surface area contributed by atoms with Gasteiger partial charge in [-0.1, -0.05) is 18.2 Å². The zero-order valence-electron chi connectivity index (χ0n) is 17.6. The number of ketones is 1. The quantitative estimate of drug-likeness (QED) is 0.481. The van der Waals surface area contributed by atoms with Crippen LogP contribution >= 0.6 is 0 Å². The molecule has 0 atom stereocenters. The highest BCUT2D eigenvalue weighted by molar-refractivity contribution is 5.98. The summed E-state index contributed by atoms with van der Waals surface area (Å²) >= 11 is 0. The smallest absolute Gasteiger partial charge is 0.432 e. The number of methoxy groups -OCH3 is 1. The largest absolute Gasteiger partial charge is 0.494 e. The molecular formula is C24H20N4O4. The van der Waals surface area contributed by atoms with Crippen LogP contribution in [0.5, 0.6) is 5.75 Å². The zero-order chi connectivity index (χ0) is 22.4. The summed E-state index contributed by atoms with van der Waals surface area (Å²) in [5, 5.41) is 14.0. The van der Waals surface area contributed by atoms with Crippen LogP contribution in [0.15, 0.2) is 42.6 Å². The van der Waals surface area contributed by atoms with Crippen molar-refractivity contribution in [1.29, 1.82) is 0 Å². The molecule has 1 N–H and O–H groups in total. The fourth-order valence-corrected chi connectivity index (χ4v) is 4.29. The summed E-state index contributed by atoms with van der Waals surface area (Å²) in [5.41, 5.74) is 6.20. The normalized spacial score (nSPS) is 12.7. The predicted octanol–water partition coefficient (Wildman–Crippen LogP) is 4.39. The summed E-state index contributed by atoms with van der Waals surface area (Å²) in [5.74, 6) is 0.331. The van der Waals surface area contributed by atoms with Crippen LogP contribution in [0.4, 0.5) is 4.79 Å². The Kier molecular flexibility index (Phi) is 4.70. The number of aryl methyl sites for hydroxylation is 1. The first-order valence-electron chi connectivity index (χ1n) is 10.3. The minimum absolute atomic E-state index is 0.152. The first kappa shape index (κ1) is 19.9. The predicted molar refractivity (Wildman–Crippen MR) is 118 cm³/mol. The van der Waals surface area contributed by atoms with Gasteiger partial charge in [0.2, 0.25) is 0 Å². The van der Waals surface area contributed by atoms with E-state index in [4.69, 9.17) is 9.72 Å². The molecule has 1 aromatic carbocycles. The Morgan fingerprint density at radius 3 is 2.66 bits per heavy atom. The zero-order valence-corrected chi connectivity index (χ0v) is 17.6. The van der Waals surface area contributed by atoms with Crippen LogP contribution in [-0.2, 0) is 12.8 Å². The van der Waals surface area contributed by atoms with Gasteiger partial charge in [-0.15, -0.1) is 0 Å². The van der Waals surface area contributed by atoms with Gasteiger partial charge in [0.25, 0.3) is 0 Å². The molecule has 0 spiro atoms. The third-order valence-electron chi connectivity index (χ3n) is 5.82. The minimum atomic E-state index is -1.23. The molecule has 8 nitrogen and oxygen atoms in total. The van der Waals surface area contributed by atoms with Crippen LogP contribution in [0.1, 0.15) is 35.0 Å². The van der Waals surface area contributed by atoms with E-state index in [1.54, 1.807) is 25.3 Å². The number of ether oxygens (including phenoxy) is 1. The van der Waals surface area contributed by atoms with Gasteiger partial charge < -0.3 is 9.84 Å². The van der Waals surface area contributed by atoms with Gasteiger partial charge in [0, 0.05) is 30.3 Å². The second-order valence-corrected chi connectivity index (χ2v) is 7.74. The van der Waals surface area contributed by atoms with Crippen LogP contribution < -0.4 is 4.74 Å². The van der Waals surface area contributed by atoms with E-state index in [2.05, 4.69) is 16.1 Å². The Labute approximate surface area is 183 Å². The first-order chi connectivity index (χ1) is 15.5. The Morgan fingerprint density at radius 2 is 1.97 bits per heavy atom. The van der Waals surface area contributed by atoms with Gasteiger partial charge in [-0.05, 0) is 42.5 Å². The molecule has 0 saturated heterocycles. The lowest BCUT2D eigenvalue weighted by Crippen LogP contribution is -2.09. The summed E-state index contributed by atoms with van der Waals surface area (Å²) < 4.78 is 6.50. The number of carbonyl (C=O) groups is 2. The van der Waals surface area contributed by atoms with Crippen molar-refractivity contribution < 1.29 is 19.4 Å². The molecule has 0 bridgehead atoms. The minimum Gasteiger partial charge on any atom is -0.494 e. The second kappa shape index (κ2) is 7.56. The molecule has 0 fully saturated rings. The number of hydrogen-bond donors (Lipinski definition) is 1. The van der Waals surface area contributed by atoms with E-state index in [-0.39, 0.29) is 5.78 Å². The van der Waals surface area contributed by atoms with Crippen molar-refractivity contribution in [1.82, 2.24) is 19.7 Å². The number of carbonyl (C=O) groups excluding carboxylic acids is 1. The maximum Gasteiger partial charge on any atom is 0.432 e. The van der Waals surface area contributed by atoms with Crippen LogP contribution in [0, 0.1) is 0 Å². The topological polar surface area (TPSA) is 107 Å². The van der Waals surface area contributed by atoms with E-state index in [0.717, 1.165) is 29.5 Å². The summed E-state index contributed by atoms with van der Waals surface area (Å²) in [6.07, 6.45) is 3.37. The van der Waals surface area contributed by atoms with Crippen molar-refractivity contribution in [3.63, 3.8) is 0 Å². The van der Waals surface area contributed by atoms with E-state index in [9.17, 15) is 14.7 Å². The summed E-state index contributed by atoms with van der Waals surface area (Å²) in [4.78, 5) is 32.5. The highest BCUT2D eigenvalue weighted by Gasteiger charge is 2.24. The third kappa shape index (κ3) is 3.11. The molecular weight excluding hydrogens is 408 g/mol. The third-order valence-corrected chi connectivity index (χ3v) is 5.82. The van der Waals surface area contributed by atoms with E-state index in [1.807, 2.05) is 12.1 Å². The van der Waals surface area contributed by atoms with Gasteiger partial charge in [-0.25, -0.2) is 9.78 Å². The summed E-state index contributed by atoms with van der Waals surface area (Å²) in [6, 6.07) is 11.1. The SMILES string of the molecule is COc1cc2c(nc1-c1cccc3c1CCC3)c(-c1ccc(C(C)=O)nc1)nn2C(=O)O. The number of fused-ring (bicyclic) bond motifs is 2. The molecule has 32 heavy (non-hydrogen) atoms. The average molecular weight is 428 g/mol. The lowest BCUT2D eigenvalue weighted by atomic mass is 9.99. The number of pyridine rings is 2. The lowest BCUT2D eigenvalue weighted by molar-refractivity contribution is 0.101. The van der Waals surface area contributed by atoms with Gasteiger partial charge in [0.15, 0.2) is 5.78 Å². The number of nitrogens with zero attached hydrogens (tertiary/aromatic N) is 4. The van der Waals surface area contributed by atoms with Crippen molar-refractivity contribution in [3.8, 4) is 28.3 Å². The number of carboxylic acid groups (broad SMARTS) is 1. The molecule has 0 radical (unpaired) electrons. The van der Waals surface area contributed by atoms with E-state index in [1.165, 1.54) is 24.2 Å². The first-order valence-corrected chi connectivity index (χ1v) is 10.3. The maximum absolute atomic E-state index is 11.9. The summed E-state index contributed by atoms with van der Waals surface area (Å²) in [7, 11) is 1.54. The fourth-order valence-electron chi connectivity index (χ4n) is 4.29. The molecule has 160 valence electrons. The van der Waals surface area contributed by atoms with Gasteiger partial charge in [-0.3, -0.25) is 9.78 Å². The molecule has 3 aromatic heterocycles. The number of aromatic nitrogens is 4. The highest BCUT2D eigenvalue weighted by Crippen LogP contribution is 2.39. The van der Waals surface area contributed by atoms with Crippen LogP contribution in [-0.4, -0.2) is 43.8 Å². The molecule has 5 rings (SSSR count). The number of Topliss-reactive ketones (excluding diaryl/α,β-unsaturated/α-hetero) is 1. The molecule has 3 heterocycles. The Morgan fingerprint density at radius 1 is 1.12 bits per heavy atom. The highest BCUT2D eigenvalue weighted by atomic mass is 16.5. The van der Waals surface area contributed by atoms with Gasteiger partial charge >= 0.3 is 6.09 Å². The molecule has 0 unspecified atom stereocenters. The van der Waals surface area contributed by atoms with Crippen molar-refractivity contribution in [2.75, 3.05) is 7.11 Å². The molecule has 8 heteroatoms. The molecule has 0 saturated carbocycles. The number of benzene rings is 1. The fraction of sp³-hybridized carbons (Fsp3) is 0.208. The average Bonchev–Trinajstić information content (AvgIpc) is 3.42. The summed E-state index contributed by atoms with van der Waals surface area (Å²) in [6.45, 7) is 1.44. The van der Waals surface area contributed by atoms with Crippen LogP contribution in [0.25, 0.3) is 33.5 Å². The second-order valence-electron chi connectivity index (χ2n) is 7.74. The van der Waals surface area contributed by atoms with Crippen molar-refractivity contribution in [2.45, 2.75) is 26.2 Å². The van der Waals surface area contributed by atoms with Gasteiger partial charge in [0.1, 0.15) is 33.9 Å². The van der Waals surface area contributed by atoms with Crippen molar-refractivity contribution >= 4 is 22.9 Å². The molecule has 1 aliphatic rings. The molecule has 0 aliphatic heterocycles. The number of rotatable bonds is 4. The van der Waals surface area contributed by atoms with E-state index in [0.29, 0.717) is 39.4 Å². The number of hydrogen-bond acceptors (Lipinski definition) is 6.